The highest BCUT2D eigenvalue weighted by atomic mass is 32.2. The summed E-state index contributed by atoms with van der Waals surface area (Å²) in [7, 11) is -1.85. The highest BCUT2D eigenvalue weighted by Crippen LogP contribution is 2.28. The Morgan fingerprint density at radius 2 is 1.69 bits per heavy atom. The number of aromatic nitrogens is 2. The number of benzene rings is 3. The van der Waals surface area contributed by atoms with Crippen molar-refractivity contribution in [1.29, 1.82) is 0 Å². The summed E-state index contributed by atoms with van der Waals surface area (Å²) >= 11 is 0. The van der Waals surface area contributed by atoms with E-state index in [1.807, 2.05) is 12.1 Å². The van der Waals surface area contributed by atoms with Gasteiger partial charge in [0.25, 0.3) is 5.91 Å². The molecule has 0 aliphatic carbocycles. The summed E-state index contributed by atoms with van der Waals surface area (Å²) in [6.45, 7) is 3.85. The monoisotopic (exact) mass is 493 g/mol. The van der Waals surface area contributed by atoms with Gasteiger partial charge in [0.2, 0.25) is 9.84 Å². The highest BCUT2D eigenvalue weighted by Gasteiger charge is 2.21. The van der Waals surface area contributed by atoms with E-state index in [4.69, 9.17) is 0 Å². The summed E-state index contributed by atoms with van der Waals surface area (Å²) in [5.41, 5.74) is 2.08. The predicted octanol–water partition coefficient (Wildman–Crippen LogP) is 3.54. The number of carbonyl (C=O) groups excluding carboxylic acids is 1. The molecule has 4 aromatic rings. The molecule has 0 radical (unpaired) electrons. The number of H-pyrrole nitrogens is 1. The maximum absolute atomic E-state index is 13.6. The van der Waals surface area contributed by atoms with E-state index >= 15 is 0 Å². The van der Waals surface area contributed by atoms with Gasteiger partial charge in [-0.1, -0.05) is 6.07 Å². The van der Waals surface area contributed by atoms with E-state index in [1.165, 1.54) is 30.3 Å². The van der Waals surface area contributed by atoms with Crippen molar-refractivity contribution in [3.63, 3.8) is 0 Å². The first-order chi connectivity index (χ1) is 16.8. The number of amides is 1. The molecule has 0 atom stereocenters. The number of hydrogen-bond acceptors (Lipinski definition) is 6. The van der Waals surface area contributed by atoms with Crippen LogP contribution in [-0.2, 0) is 9.84 Å². The van der Waals surface area contributed by atoms with Crippen LogP contribution in [-0.4, -0.2) is 62.6 Å². The molecule has 1 fully saturated rings. The first-order valence-electron chi connectivity index (χ1n) is 11.1. The fourth-order valence-corrected chi connectivity index (χ4v) is 5.41. The first-order valence-corrected chi connectivity index (χ1v) is 12.6. The van der Waals surface area contributed by atoms with E-state index < -0.39 is 15.7 Å². The average molecular weight is 494 g/mol. The topological polar surface area (TPSA) is 98.4 Å². The molecule has 0 spiro atoms. The Bertz CT molecular complexity index is 1490. The lowest BCUT2D eigenvalue weighted by Crippen LogP contribution is -2.44. The third-order valence-electron chi connectivity index (χ3n) is 6.18. The van der Waals surface area contributed by atoms with Gasteiger partial charge in [0.15, 0.2) is 5.82 Å². The van der Waals surface area contributed by atoms with Gasteiger partial charge in [-0.05, 0) is 67.7 Å². The van der Waals surface area contributed by atoms with Crippen LogP contribution < -0.4 is 10.2 Å². The summed E-state index contributed by atoms with van der Waals surface area (Å²) in [4.78, 5) is 17.3. The minimum atomic E-state index is -3.95. The van der Waals surface area contributed by atoms with Crippen LogP contribution >= 0.6 is 0 Å². The number of fused-ring (bicyclic) bond motifs is 1. The van der Waals surface area contributed by atoms with Gasteiger partial charge < -0.3 is 15.1 Å². The van der Waals surface area contributed by atoms with Crippen molar-refractivity contribution in [2.75, 3.05) is 43.4 Å². The zero-order chi connectivity index (χ0) is 24.6. The van der Waals surface area contributed by atoms with Gasteiger partial charge in [-0.15, -0.1) is 0 Å². The van der Waals surface area contributed by atoms with Gasteiger partial charge in [0, 0.05) is 42.8 Å². The zero-order valence-corrected chi connectivity index (χ0v) is 19.8. The van der Waals surface area contributed by atoms with E-state index in [0.717, 1.165) is 37.9 Å². The highest BCUT2D eigenvalue weighted by molar-refractivity contribution is 7.91. The normalized spacial score (nSPS) is 14.9. The van der Waals surface area contributed by atoms with Crippen LogP contribution in [0.1, 0.15) is 10.4 Å². The van der Waals surface area contributed by atoms with Crippen LogP contribution in [0, 0.1) is 5.82 Å². The number of aromatic amines is 1. The molecule has 3 aromatic carbocycles. The number of nitrogens with zero attached hydrogens (tertiary/aromatic N) is 3. The summed E-state index contributed by atoms with van der Waals surface area (Å²) in [5, 5.41) is 10.1. The number of hydrogen-bond donors (Lipinski definition) is 2. The Kier molecular flexibility index (Phi) is 6.00. The molecule has 8 nitrogen and oxygen atoms in total. The molecule has 5 rings (SSSR count). The van der Waals surface area contributed by atoms with Crippen molar-refractivity contribution >= 4 is 38.2 Å². The molecule has 2 heterocycles. The Balaban J connectivity index is 1.37. The van der Waals surface area contributed by atoms with E-state index in [0.29, 0.717) is 16.5 Å². The van der Waals surface area contributed by atoms with E-state index in [9.17, 15) is 17.6 Å². The fraction of sp³-hybridized carbons (Fsp3) is 0.200. The van der Waals surface area contributed by atoms with Crippen LogP contribution in [0.2, 0.25) is 0 Å². The van der Waals surface area contributed by atoms with E-state index in [1.54, 1.807) is 18.2 Å². The molecule has 0 bridgehead atoms. The largest absolute Gasteiger partial charge is 0.369 e. The second kappa shape index (κ2) is 9.12. The van der Waals surface area contributed by atoms with Crippen LogP contribution in [0.15, 0.2) is 76.5 Å². The smallest absolute Gasteiger partial charge is 0.256 e. The van der Waals surface area contributed by atoms with Crippen molar-refractivity contribution in [1.82, 2.24) is 15.1 Å². The van der Waals surface area contributed by atoms with Gasteiger partial charge in [0.05, 0.1) is 15.3 Å². The van der Waals surface area contributed by atoms with E-state index in [-0.39, 0.29) is 21.5 Å². The third kappa shape index (κ3) is 4.62. The molecular formula is C25H24FN5O3S. The molecule has 35 heavy (non-hydrogen) atoms. The molecule has 1 saturated heterocycles. The van der Waals surface area contributed by atoms with Crippen molar-refractivity contribution in [3.8, 4) is 0 Å². The zero-order valence-electron chi connectivity index (χ0n) is 19.0. The van der Waals surface area contributed by atoms with Crippen molar-refractivity contribution < 1.29 is 17.6 Å². The molecule has 180 valence electrons. The lowest BCUT2D eigenvalue weighted by molar-refractivity contribution is 0.102. The number of sulfone groups is 1. The lowest BCUT2D eigenvalue weighted by atomic mass is 10.1. The molecule has 1 aliphatic heterocycles. The second-order valence-corrected chi connectivity index (χ2v) is 10.5. The van der Waals surface area contributed by atoms with Gasteiger partial charge in [0.1, 0.15) is 5.82 Å². The van der Waals surface area contributed by atoms with Gasteiger partial charge >= 0.3 is 0 Å². The molecule has 0 unspecified atom stereocenters. The number of likely N-dealkylation sites (N-methyl/N-ethyl adjacent to an activating group) is 1. The number of halogens is 1. The van der Waals surface area contributed by atoms with Crippen LogP contribution in [0.4, 0.5) is 15.9 Å². The average Bonchev–Trinajstić information content (AvgIpc) is 3.26. The third-order valence-corrected chi connectivity index (χ3v) is 7.93. The number of nitrogens with one attached hydrogen (secondary N) is 2. The summed E-state index contributed by atoms with van der Waals surface area (Å²) in [5.74, 6) is -0.784. The van der Waals surface area contributed by atoms with Crippen molar-refractivity contribution in [2.45, 2.75) is 9.79 Å². The molecule has 10 heteroatoms. The minimum absolute atomic E-state index is 0.0240. The van der Waals surface area contributed by atoms with Crippen molar-refractivity contribution in [2.24, 2.45) is 0 Å². The van der Waals surface area contributed by atoms with Gasteiger partial charge in [-0.25, -0.2) is 12.8 Å². The van der Waals surface area contributed by atoms with Crippen LogP contribution in [0.25, 0.3) is 10.9 Å². The van der Waals surface area contributed by atoms with Crippen LogP contribution in [0.3, 0.4) is 0 Å². The maximum Gasteiger partial charge on any atom is 0.256 e. The van der Waals surface area contributed by atoms with Crippen molar-refractivity contribution in [3.05, 3.63) is 78.1 Å². The number of anilines is 2. The molecule has 1 aliphatic rings. The predicted molar refractivity (Wildman–Crippen MR) is 132 cm³/mol. The molecular weight excluding hydrogens is 469 g/mol. The molecule has 1 aromatic heterocycles. The maximum atomic E-state index is 13.6. The molecule has 1 amide bonds. The number of rotatable bonds is 5. The second-order valence-electron chi connectivity index (χ2n) is 8.53. The number of carbonyl (C=O) groups is 1. The summed E-state index contributed by atoms with van der Waals surface area (Å²) < 4.78 is 39.6. The molecule has 0 saturated carbocycles. The summed E-state index contributed by atoms with van der Waals surface area (Å²) in [6, 6.07) is 16.6. The van der Waals surface area contributed by atoms with Crippen LogP contribution in [0.5, 0.6) is 0 Å². The SMILES string of the molecule is CN1CCN(c2ccc(C(=O)Nc3n[nH]c4ccc(S(=O)(=O)c5cccc(F)c5)cc34)cc2)CC1. The van der Waals surface area contributed by atoms with E-state index in [2.05, 4.69) is 32.4 Å². The first kappa shape index (κ1) is 23.0. The fourth-order valence-electron chi connectivity index (χ4n) is 4.09. The summed E-state index contributed by atoms with van der Waals surface area (Å²) in [6.07, 6.45) is 0. The lowest BCUT2D eigenvalue weighted by Gasteiger charge is -2.34. The Morgan fingerprint density at radius 3 is 2.40 bits per heavy atom. The Morgan fingerprint density at radius 1 is 0.971 bits per heavy atom. The number of piperazine rings is 1. The molecule has 2 N–H and O–H groups in total. The van der Waals surface area contributed by atoms with Gasteiger partial charge in [-0.2, -0.15) is 5.10 Å². The standard InChI is InChI=1S/C25H24FN5O3S/c1-30-11-13-31(14-12-30)19-7-5-17(6-8-19)25(32)27-24-22-16-21(9-10-23(22)28-29-24)35(33,34)20-4-2-3-18(26)15-20/h2-10,15-16H,11-14H2,1H3,(H2,27,28,29,32). The quantitative estimate of drug-likeness (QED) is 0.441. The van der Waals surface area contributed by atoms with Gasteiger partial charge in [-0.3, -0.25) is 9.89 Å². The minimum Gasteiger partial charge on any atom is -0.369 e. The Labute approximate surface area is 202 Å². The Hall–Kier alpha value is -3.76.